The molecule has 2 atom stereocenters. The maximum atomic E-state index is 10.0. The lowest BCUT2D eigenvalue weighted by Gasteiger charge is -2.26. The van der Waals surface area contributed by atoms with Gasteiger partial charge in [-0.1, -0.05) is 31.8 Å². The molecule has 1 heterocycles. The van der Waals surface area contributed by atoms with Gasteiger partial charge in [-0.25, -0.2) is 0 Å². The minimum absolute atomic E-state index is 0.233. The van der Waals surface area contributed by atoms with Crippen molar-refractivity contribution in [3.05, 3.63) is 11.7 Å². The molecule has 0 aliphatic heterocycles. The maximum Gasteiger partial charge on any atom is 0.227 e. The van der Waals surface area contributed by atoms with Crippen LogP contribution in [-0.4, -0.2) is 28.5 Å². The van der Waals surface area contributed by atoms with Crippen molar-refractivity contribution in [3.8, 4) is 0 Å². The van der Waals surface area contributed by atoms with Crippen molar-refractivity contribution in [1.29, 1.82) is 0 Å². The topological polar surface area (TPSA) is 68.4 Å². The highest BCUT2D eigenvalue weighted by atomic mass is 16.5. The van der Waals surface area contributed by atoms with E-state index >= 15 is 0 Å². The van der Waals surface area contributed by atoms with E-state index in [1.54, 1.807) is 7.11 Å². The number of hydrogen-bond acceptors (Lipinski definition) is 5. The molecule has 0 amide bonds. The molecule has 5 nitrogen and oxygen atoms in total. The molecule has 1 aliphatic rings. The summed E-state index contributed by atoms with van der Waals surface area (Å²) in [7, 11) is 1.69. The Morgan fingerprint density at radius 1 is 1.30 bits per heavy atom. The van der Waals surface area contributed by atoms with Crippen LogP contribution in [0.1, 0.15) is 64.1 Å². The Morgan fingerprint density at radius 2 is 2.00 bits per heavy atom. The van der Waals surface area contributed by atoms with Crippen LogP contribution in [0.4, 0.5) is 0 Å². The molecular formula is C15H26N2O3. The monoisotopic (exact) mass is 282 g/mol. The van der Waals surface area contributed by atoms with Gasteiger partial charge in [-0.05, 0) is 31.6 Å². The zero-order valence-electron chi connectivity index (χ0n) is 12.8. The third-order valence-corrected chi connectivity index (χ3v) is 4.71. The average Bonchev–Trinajstić information content (AvgIpc) is 2.93. The molecule has 0 saturated heterocycles. The molecule has 1 aromatic heterocycles. The van der Waals surface area contributed by atoms with Crippen molar-refractivity contribution >= 4 is 0 Å². The van der Waals surface area contributed by atoms with Crippen LogP contribution < -0.4 is 0 Å². The first kappa shape index (κ1) is 15.4. The van der Waals surface area contributed by atoms with Gasteiger partial charge in [0.15, 0.2) is 0 Å². The molecule has 20 heavy (non-hydrogen) atoms. The first-order valence-electron chi connectivity index (χ1n) is 7.71. The highest BCUT2D eigenvalue weighted by Crippen LogP contribution is 2.31. The van der Waals surface area contributed by atoms with E-state index in [-0.39, 0.29) is 12.0 Å². The van der Waals surface area contributed by atoms with Crippen LogP contribution in [-0.2, 0) is 16.8 Å². The average molecular weight is 282 g/mol. The van der Waals surface area contributed by atoms with E-state index in [9.17, 15) is 5.11 Å². The van der Waals surface area contributed by atoms with Crippen molar-refractivity contribution in [3.63, 3.8) is 0 Å². The number of rotatable bonds is 6. The second-order valence-electron chi connectivity index (χ2n) is 5.73. The molecule has 5 heteroatoms. The smallest absolute Gasteiger partial charge is 0.227 e. The van der Waals surface area contributed by atoms with Crippen LogP contribution in [0.5, 0.6) is 0 Å². The van der Waals surface area contributed by atoms with Gasteiger partial charge in [0.1, 0.15) is 5.60 Å². The number of nitrogens with zero attached hydrogens (tertiary/aromatic N) is 2. The zero-order valence-corrected chi connectivity index (χ0v) is 12.8. The number of aliphatic hydroxyl groups excluding tert-OH is 1. The first-order chi connectivity index (χ1) is 9.65. The van der Waals surface area contributed by atoms with Crippen LogP contribution in [0.15, 0.2) is 4.52 Å². The summed E-state index contributed by atoms with van der Waals surface area (Å²) >= 11 is 0. The SMILES string of the molecule is CCC(CC)(OC)c1noc(CC2CCCCC2O)n1. The predicted molar refractivity (Wildman–Crippen MR) is 75.2 cm³/mol. The summed E-state index contributed by atoms with van der Waals surface area (Å²) in [6, 6.07) is 0. The van der Waals surface area contributed by atoms with E-state index in [2.05, 4.69) is 24.0 Å². The Kier molecular flexibility index (Phi) is 5.16. The summed E-state index contributed by atoms with van der Waals surface area (Å²) < 4.78 is 11.0. The van der Waals surface area contributed by atoms with Gasteiger partial charge in [0.05, 0.1) is 6.10 Å². The quantitative estimate of drug-likeness (QED) is 0.869. The molecule has 1 fully saturated rings. The molecule has 1 saturated carbocycles. The molecule has 0 spiro atoms. The minimum atomic E-state index is -0.451. The number of aromatic nitrogens is 2. The first-order valence-corrected chi connectivity index (χ1v) is 7.71. The largest absolute Gasteiger partial charge is 0.393 e. The number of methoxy groups -OCH3 is 1. The fourth-order valence-corrected chi connectivity index (χ4v) is 3.12. The highest BCUT2D eigenvalue weighted by Gasteiger charge is 2.34. The normalized spacial score (nSPS) is 24.0. The lowest BCUT2D eigenvalue weighted by atomic mass is 9.84. The fourth-order valence-electron chi connectivity index (χ4n) is 3.12. The minimum Gasteiger partial charge on any atom is -0.393 e. The molecule has 2 unspecified atom stereocenters. The molecule has 2 rings (SSSR count). The van der Waals surface area contributed by atoms with E-state index in [1.807, 2.05) is 0 Å². The Morgan fingerprint density at radius 3 is 2.60 bits per heavy atom. The molecule has 1 N–H and O–H groups in total. The lowest BCUT2D eigenvalue weighted by Crippen LogP contribution is -2.28. The number of hydrogen-bond donors (Lipinski definition) is 1. The summed E-state index contributed by atoms with van der Waals surface area (Å²) in [5, 5.41) is 14.1. The van der Waals surface area contributed by atoms with E-state index in [4.69, 9.17) is 9.26 Å². The summed E-state index contributed by atoms with van der Waals surface area (Å²) in [6.45, 7) is 4.13. The van der Waals surface area contributed by atoms with Gasteiger partial charge >= 0.3 is 0 Å². The Bertz CT molecular complexity index is 407. The van der Waals surface area contributed by atoms with E-state index < -0.39 is 5.60 Å². The van der Waals surface area contributed by atoms with Crippen LogP contribution in [0, 0.1) is 5.92 Å². The summed E-state index contributed by atoms with van der Waals surface area (Å²) in [5.74, 6) is 1.50. The van der Waals surface area contributed by atoms with Gasteiger partial charge in [-0.15, -0.1) is 0 Å². The van der Waals surface area contributed by atoms with Gasteiger partial charge in [-0.3, -0.25) is 0 Å². The van der Waals surface area contributed by atoms with Gasteiger partial charge in [0.2, 0.25) is 11.7 Å². The molecule has 114 valence electrons. The Balaban J connectivity index is 2.08. The van der Waals surface area contributed by atoms with Crippen molar-refractivity contribution in [2.75, 3.05) is 7.11 Å². The molecule has 0 aromatic carbocycles. The van der Waals surface area contributed by atoms with Gasteiger partial charge in [-0.2, -0.15) is 4.98 Å². The predicted octanol–water partition coefficient (Wildman–Crippen LogP) is 2.82. The second-order valence-corrected chi connectivity index (χ2v) is 5.73. The van der Waals surface area contributed by atoms with Crippen LogP contribution in [0.2, 0.25) is 0 Å². The third-order valence-electron chi connectivity index (χ3n) is 4.71. The molecule has 1 aliphatic carbocycles. The Hall–Kier alpha value is -0.940. The van der Waals surface area contributed by atoms with Crippen LogP contribution >= 0.6 is 0 Å². The highest BCUT2D eigenvalue weighted by molar-refractivity contribution is 5.01. The van der Waals surface area contributed by atoms with E-state index in [0.29, 0.717) is 18.1 Å². The summed E-state index contributed by atoms with van der Waals surface area (Å²) in [5.41, 5.74) is -0.451. The second kappa shape index (κ2) is 6.68. The number of ether oxygens (including phenoxy) is 1. The van der Waals surface area contributed by atoms with Crippen molar-refractivity contribution in [2.24, 2.45) is 5.92 Å². The van der Waals surface area contributed by atoms with E-state index in [1.165, 1.54) is 6.42 Å². The Labute approximate surface area is 120 Å². The van der Waals surface area contributed by atoms with E-state index in [0.717, 1.165) is 32.1 Å². The van der Waals surface area contributed by atoms with Crippen LogP contribution in [0.3, 0.4) is 0 Å². The molecule has 0 radical (unpaired) electrons. The maximum absolute atomic E-state index is 10.0. The number of aliphatic hydroxyl groups is 1. The van der Waals surface area contributed by atoms with Crippen LogP contribution in [0.25, 0.3) is 0 Å². The lowest BCUT2D eigenvalue weighted by molar-refractivity contribution is -0.0306. The zero-order chi connectivity index (χ0) is 14.6. The van der Waals surface area contributed by atoms with Crippen molar-refractivity contribution < 1.29 is 14.4 Å². The standard InChI is InChI=1S/C15H26N2O3/c1-4-15(5-2,19-3)14-16-13(20-17-14)10-11-8-6-7-9-12(11)18/h11-12,18H,4-10H2,1-3H3. The van der Waals surface area contributed by atoms with Crippen molar-refractivity contribution in [2.45, 2.75) is 70.5 Å². The summed E-state index contributed by atoms with van der Waals surface area (Å²) in [6.07, 6.45) is 6.27. The molecule has 1 aromatic rings. The third kappa shape index (κ3) is 3.04. The summed E-state index contributed by atoms with van der Waals surface area (Å²) in [4.78, 5) is 4.51. The van der Waals surface area contributed by atoms with Crippen molar-refractivity contribution in [1.82, 2.24) is 10.1 Å². The van der Waals surface area contributed by atoms with Gasteiger partial charge < -0.3 is 14.4 Å². The van der Waals surface area contributed by atoms with Gasteiger partial charge in [0, 0.05) is 13.5 Å². The molecular weight excluding hydrogens is 256 g/mol. The van der Waals surface area contributed by atoms with Gasteiger partial charge in [0.25, 0.3) is 0 Å². The fraction of sp³-hybridized carbons (Fsp3) is 0.867. The molecule has 0 bridgehead atoms.